The van der Waals surface area contributed by atoms with E-state index in [1.807, 2.05) is 24.3 Å². The second kappa shape index (κ2) is 7.15. The van der Waals surface area contributed by atoms with Gasteiger partial charge in [0.05, 0.1) is 12.2 Å². The van der Waals surface area contributed by atoms with Crippen molar-refractivity contribution in [2.24, 2.45) is 0 Å². The summed E-state index contributed by atoms with van der Waals surface area (Å²) in [5, 5.41) is 0. The van der Waals surface area contributed by atoms with Crippen LogP contribution in [0.25, 0.3) is 6.08 Å². The topological polar surface area (TPSA) is 48.0 Å². The van der Waals surface area contributed by atoms with Crippen molar-refractivity contribution in [2.45, 2.75) is 32.5 Å². The Morgan fingerprint density at radius 2 is 1.96 bits per heavy atom. The number of carbonyl (C=O) groups excluding carboxylic acids is 1. The zero-order chi connectivity index (χ0) is 16.2. The number of carbonyl (C=O) groups is 1. The number of morpholine rings is 1. The molecule has 0 bridgehead atoms. The third-order valence-corrected chi connectivity index (χ3v) is 4.03. The molecule has 1 saturated heterocycles. The minimum absolute atomic E-state index is 0.134. The average molecular weight is 317 g/mol. The van der Waals surface area contributed by atoms with Gasteiger partial charge in [-0.05, 0) is 37.6 Å². The molecule has 2 aliphatic heterocycles. The van der Waals surface area contributed by atoms with Crippen LogP contribution < -0.4 is 9.47 Å². The Morgan fingerprint density at radius 1 is 1.22 bits per heavy atom. The maximum absolute atomic E-state index is 12.1. The molecule has 5 nitrogen and oxygen atoms in total. The lowest BCUT2D eigenvalue weighted by Crippen LogP contribution is -2.45. The molecule has 1 fully saturated rings. The number of nitrogens with zero attached hydrogens (tertiary/aromatic N) is 1. The first kappa shape index (κ1) is 16.0. The van der Waals surface area contributed by atoms with Crippen LogP contribution in [0.2, 0.25) is 0 Å². The molecule has 0 aromatic heterocycles. The van der Waals surface area contributed by atoms with Crippen LogP contribution in [0.15, 0.2) is 24.3 Å². The largest absolute Gasteiger partial charge is 0.454 e. The van der Waals surface area contributed by atoms with Crippen LogP contribution in [0.1, 0.15) is 25.8 Å². The van der Waals surface area contributed by atoms with E-state index >= 15 is 0 Å². The van der Waals surface area contributed by atoms with Crippen molar-refractivity contribution in [2.75, 3.05) is 26.4 Å². The molecule has 0 amide bonds. The van der Waals surface area contributed by atoms with Gasteiger partial charge in [-0.25, -0.2) is 0 Å². The Bertz CT molecular complexity index is 589. The summed E-state index contributed by atoms with van der Waals surface area (Å²) in [6.45, 7) is 6.97. The fourth-order valence-electron chi connectivity index (χ4n) is 3.02. The molecule has 3 rings (SSSR count). The van der Waals surface area contributed by atoms with Gasteiger partial charge in [0.1, 0.15) is 0 Å². The highest BCUT2D eigenvalue weighted by atomic mass is 16.7. The molecular formula is C18H23NO4. The summed E-state index contributed by atoms with van der Waals surface area (Å²) in [6, 6.07) is 5.67. The number of allylic oxidation sites excluding steroid dienone is 1. The van der Waals surface area contributed by atoms with Crippen LogP contribution in [-0.4, -0.2) is 49.3 Å². The normalized spacial score (nSPS) is 24.3. The van der Waals surface area contributed by atoms with Crippen LogP contribution in [-0.2, 0) is 9.53 Å². The van der Waals surface area contributed by atoms with Crippen LogP contribution in [0, 0.1) is 0 Å². The molecule has 2 atom stereocenters. The molecule has 1 aromatic rings. The summed E-state index contributed by atoms with van der Waals surface area (Å²) in [6.07, 6.45) is 4.47. The van der Waals surface area contributed by atoms with Gasteiger partial charge in [0, 0.05) is 26.1 Å². The molecule has 23 heavy (non-hydrogen) atoms. The highest BCUT2D eigenvalue weighted by molar-refractivity contribution is 5.93. The molecular weight excluding hydrogens is 294 g/mol. The smallest absolute Gasteiger partial charge is 0.231 e. The second-order valence-electron chi connectivity index (χ2n) is 6.18. The Hall–Kier alpha value is -1.85. The van der Waals surface area contributed by atoms with E-state index in [2.05, 4.69) is 18.7 Å². The number of hydrogen-bond acceptors (Lipinski definition) is 5. The van der Waals surface area contributed by atoms with Gasteiger partial charge in [0.25, 0.3) is 0 Å². The quantitative estimate of drug-likeness (QED) is 0.781. The SMILES string of the molecule is CC1CN(CCC(=O)C=Cc2ccc3c(c2)OCO3)CC(C)O1. The summed E-state index contributed by atoms with van der Waals surface area (Å²) in [4.78, 5) is 14.4. The Kier molecular flexibility index (Phi) is 4.98. The molecule has 0 aliphatic carbocycles. The van der Waals surface area contributed by atoms with Gasteiger partial charge in [-0.15, -0.1) is 0 Å². The van der Waals surface area contributed by atoms with E-state index in [4.69, 9.17) is 14.2 Å². The van der Waals surface area contributed by atoms with Crippen LogP contribution in [0.5, 0.6) is 11.5 Å². The van der Waals surface area contributed by atoms with Gasteiger partial charge in [-0.2, -0.15) is 0 Å². The van der Waals surface area contributed by atoms with Gasteiger partial charge in [0.15, 0.2) is 17.3 Å². The average Bonchev–Trinajstić information content (AvgIpc) is 2.97. The molecule has 1 aromatic carbocycles. The van der Waals surface area contributed by atoms with Crippen molar-refractivity contribution in [1.29, 1.82) is 0 Å². The second-order valence-corrected chi connectivity index (χ2v) is 6.18. The lowest BCUT2D eigenvalue weighted by molar-refractivity contribution is -0.116. The summed E-state index contributed by atoms with van der Waals surface area (Å²) in [7, 11) is 0. The van der Waals surface area contributed by atoms with E-state index in [0.717, 1.165) is 36.7 Å². The van der Waals surface area contributed by atoms with Gasteiger partial charge >= 0.3 is 0 Å². The van der Waals surface area contributed by atoms with Crippen molar-refractivity contribution in [1.82, 2.24) is 4.90 Å². The summed E-state index contributed by atoms with van der Waals surface area (Å²) in [5.74, 6) is 1.62. The number of rotatable bonds is 5. The zero-order valence-corrected chi connectivity index (χ0v) is 13.7. The maximum Gasteiger partial charge on any atom is 0.231 e. The third-order valence-electron chi connectivity index (χ3n) is 4.03. The Labute approximate surface area is 136 Å². The van der Waals surface area contributed by atoms with Gasteiger partial charge in [-0.1, -0.05) is 12.1 Å². The number of fused-ring (bicyclic) bond motifs is 1. The molecule has 0 spiro atoms. The van der Waals surface area contributed by atoms with E-state index in [1.54, 1.807) is 6.08 Å². The molecule has 2 aliphatic rings. The van der Waals surface area contributed by atoms with Gasteiger partial charge < -0.3 is 14.2 Å². The van der Waals surface area contributed by atoms with E-state index in [0.29, 0.717) is 6.42 Å². The molecule has 124 valence electrons. The molecule has 0 radical (unpaired) electrons. The maximum atomic E-state index is 12.1. The first-order chi connectivity index (χ1) is 11.1. The van der Waals surface area contributed by atoms with Crippen molar-refractivity contribution in [3.8, 4) is 11.5 Å². The first-order valence-electron chi connectivity index (χ1n) is 8.08. The molecule has 2 heterocycles. The van der Waals surface area contributed by atoms with Crippen LogP contribution in [0.4, 0.5) is 0 Å². The minimum Gasteiger partial charge on any atom is -0.454 e. The monoisotopic (exact) mass is 317 g/mol. The molecule has 2 unspecified atom stereocenters. The Morgan fingerprint density at radius 3 is 2.74 bits per heavy atom. The number of benzene rings is 1. The fraction of sp³-hybridized carbons (Fsp3) is 0.500. The van der Waals surface area contributed by atoms with Crippen molar-refractivity contribution in [3.05, 3.63) is 29.8 Å². The van der Waals surface area contributed by atoms with Crippen LogP contribution in [0.3, 0.4) is 0 Å². The molecule has 5 heteroatoms. The summed E-state index contributed by atoms with van der Waals surface area (Å²) >= 11 is 0. The summed E-state index contributed by atoms with van der Waals surface area (Å²) in [5.41, 5.74) is 0.941. The van der Waals surface area contributed by atoms with Crippen molar-refractivity contribution >= 4 is 11.9 Å². The van der Waals surface area contributed by atoms with E-state index in [9.17, 15) is 4.79 Å². The number of ether oxygens (including phenoxy) is 3. The predicted molar refractivity (Wildman–Crippen MR) is 87.7 cm³/mol. The molecule has 0 N–H and O–H groups in total. The van der Waals surface area contributed by atoms with E-state index in [1.165, 1.54) is 0 Å². The third kappa shape index (κ3) is 4.33. The molecule has 0 saturated carbocycles. The van der Waals surface area contributed by atoms with Crippen LogP contribution >= 0.6 is 0 Å². The van der Waals surface area contributed by atoms with Crippen molar-refractivity contribution in [3.63, 3.8) is 0 Å². The minimum atomic E-state index is 0.134. The van der Waals surface area contributed by atoms with E-state index < -0.39 is 0 Å². The summed E-state index contributed by atoms with van der Waals surface area (Å²) < 4.78 is 16.3. The van der Waals surface area contributed by atoms with Gasteiger partial charge in [-0.3, -0.25) is 9.69 Å². The Balaban J connectivity index is 1.49. The highest BCUT2D eigenvalue weighted by Crippen LogP contribution is 2.32. The predicted octanol–water partition coefficient (Wildman–Crippen LogP) is 2.50. The zero-order valence-electron chi connectivity index (χ0n) is 13.7. The van der Waals surface area contributed by atoms with Crippen molar-refractivity contribution < 1.29 is 19.0 Å². The van der Waals surface area contributed by atoms with Gasteiger partial charge in [0.2, 0.25) is 6.79 Å². The lowest BCUT2D eigenvalue weighted by atomic mass is 10.1. The standard InChI is InChI=1S/C18H23NO4/c1-13-10-19(11-14(2)23-13)8-7-16(20)5-3-15-4-6-17-18(9-15)22-12-21-17/h3-6,9,13-14H,7-8,10-12H2,1-2H3. The number of hydrogen-bond donors (Lipinski definition) is 0. The highest BCUT2D eigenvalue weighted by Gasteiger charge is 2.21. The number of ketones is 1. The lowest BCUT2D eigenvalue weighted by Gasteiger charge is -2.35. The van der Waals surface area contributed by atoms with E-state index in [-0.39, 0.29) is 24.8 Å². The first-order valence-corrected chi connectivity index (χ1v) is 8.08. The fourth-order valence-corrected chi connectivity index (χ4v) is 3.02.